The molecule has 0 aliphatic heterocycles. The Kier molecular flexibility index (Phi) is 5.64. The normalized spacial score (nSPS) is 9.75. The monoisotopic (exact) mass is 282 g/mol. The van der Waals surface area contributed by atoms with E-state index < -0.39 is 5.97 Å². The molecular formula is C13H18N2O5. The number of amides is 1. The number of methoxy groups -OCH3 is 2. The van der Waals surface area contributed by atoms with Gasteiger partial charge in [-0.25, -0.2) is 4.79 Å². The van der Waals surface area contributed by atoms with Crippen LogP contribution in [0.15, 0.2) is 12.1 Å². The van der Waals surface area contributed by atoms with E-state index in [0.29, 0.717) is 11.5 Å². The fraction of sp³-hybridized carbons (Fsp3) is 0.385. The lowest BCUT2D eigenvalue weighted by molar-refractivity contribution is -0.121. The molecule has 1 aromatic rings. The molecule has 1 aromatic carbocycles. The topological polar surface area (TPSA) is 99.9 Å². The highest BCUT2D eigenvalue weighted by atomic mass is 16.5. The van der Waals surface area contributed by atoms with Crippen LogP contribution < -0.4 is 20.5 Å². The molecule has 0 saturated carbocycles. The number of carbonyl (C=O) groups is 2. The van der Waals surface area contributed by atoms with Gasteiger partial charge in [0.2, 0.25) is 5.91 Å². The number of benzene rings is 1. The maximum Gasteiger partial charge on any atom is 0.340 e. The van der Waals surface area contributed by atoms with Crippen LogP contribution in [-0.2, 0) is 9.53 Å². The zero-order valence-electron chi connectivity index (χ0n) is 11.7. The first-order chi connectivity index (χ1) is 9.53. The molecule has 7 heteroatoms. The first-order valence-corrected chi connectivity index (χ1v) is 5.92. The first-order valence-electron chi connectivity index (χ1n) is 5.92. The van der Waals surface area contributed by atoms with Crippen LogP contribution in [0.1, 0.15) is 16.8 Å². The van der Waals surface area contributed by atoms with E-state index in [2.05, 4.69) is 5.32 Å². The van der Waals surface area contributed by atoms with E-state index in [0.717, 1.165) is 0 Å². The van der Waals surface area contributed by atoms with Crippen LogP contribution in [-0.4, -0.2) is 39.8 Å². The molecule has 0 spiro atoms. The Morgan fingerprint density at radius 3 is 2.50 bits per heavy atom. The van der Waals surface area contributed by atoms with E-state index in [1.807, 2.05) is 0 Å². The van der Waals surface area contributed by atoms with E-state index in [1.54, 1.807) is 6.07 Å². The van der Waals surface area contributed by atoms with Gasteiger partial charge in [-0.05, 0) is 6.07 Å². The third-order valence-corrected chi connectivity index (χ3v) is 2.63. The molecule has 0 unspecified atom stereocenters. The molecule has 0 saturated heterocycles. The number of nitrogen functional groups attached to an aromatic ring is 1. The molecule has 1 amide bonds. The zero-order valence-corrected chi connectivity index (χ0v) is 11.7. The lowest BCUT2D eigenvalue weighted by Gasteiger charge is -2.12. The number of carbonyl (C=O) groups excluding carboxylic acids is 2. The second kappa shape index (κ2) is 7.22. The fourth-order valence-electron chi connectivity index (χ4n) is 1.50. The molecule has 0 aromatic heterocycles. The Labute approximate surface area is 117 Å². The number of hydrogen-bond acceptors (Lipinski definition) is 6. The quantitative estimate of drug-likeness (QED) is 0.585. The Morgan fingerprint density at radius 2 is 1.95 bits per heavy atom. The van der Waals surface area contributed by atoms with E-state index in [4.69, 9.17) is 19.9 Å². The van der Waals surface area contributed by atoms with Crippen LogP contribution in [0.3, 0.4) is 0 Å². The number of esters is 1. The molecule has 0 aliphatic rings. The van der Waals surface area contributed by atoms with Gasteiger partial charge in [0.25, 0.3) is 0 Å². The van der Waals surface area contributed by atoms with Crippen molar-refractivity contribution in [1.29, 1.82) is 0 Å². The average Bonchev–Trinajstić information content (AvgIpc) is 2.47. The number of hydrogen-bond donors (Lipinski definition) is 2. The zero-order chi connectivity index (χ0) is 15.1. The van der Waals surface area contributed by atoms with Gasteiger partial charge < -0.3 is 25.3 Å². The minimum atomic E-state index is -0.636. The van der Waals surface area contributed by atoms with Gasteiger partial charge in [0, 0.05) is 13.1 Å². The maximum absolute atomic E-state index is 11.9. The third kappa shape index (κ3) is 3.78. The molecule has 0 fully saturated rings. The predicted octanol–water partition coefficient (Wildman–Crippen LogP) is 0.579. The minimum absolute atomic E-state index is 0.0303. The highest BCUT2D eigenvalue weighted by Gasteiger charge is 2.17. The number of nitrogens with one attached hydrogen (secondary N) is 1. The Hall–Kier alpha value is -2.44. The summed E-state index contributed by atoms with van der Waals surface area (Å²) in [4.78, 5) is 23.0. The van der Waals surface area contributed by atoms with E-state index in [-0.39, 0.29) is 30.2 Å². The van der Waals surface area contributed by atoms with Crippen LogP contribution in [0.25, 0.3) is 0 Å². The van der Waals surface area contributed by atoms with Crippen LogP contribution in [0.4, 0.5) is 5.69 Å². The summed E-state index contributed by atoms with van der Waals surface area (Å²) in [5, 5.41) is 2.43. The van der Waals surface area contributed by atoms with Crippen LogP contribution >= 0.6 is 0 Å². The van der Waals surface area contributed by atoms with E-state index in [1.165, 1.54) is 27.3 Å². The minimum Gasteiger partial charge on any atom is -0.497 e. The molecule has 0 radical (unpaired) electrons. The predicted molar refractivity (Wildman–Crippen MR) is 72.9 cm³/mol. The number of nitrogens with two attached hydrogens (primary N) is 1. The second-order valence-corrected chi connectivity index (χ2v) is 3.85. The summed E-state index contributed by atoms with van der Waals surface area (Å²) in [5.41, 5.74) is 6.12. The Bertz CT molecular complexity index is 502. The van der Waals surface area contributed by atoms with Gasteiger partial charge >= 0.3 is 5.97 Å². The molecule has 0 atom stereocenters. The third-order valence-electron chi connectivity index (χ3n) is 2.63. The largest absolute Gasteiger partial charge is 0.497 e. The Morgan fingerprint density at radius 1 is 1.25 bits per heavy atom. The lowest BCUT2D eigenvalue weighted by Crippen LogP contribution is -2.20. The lowest BCUT2D eigenvalue weighted by atomic mass is 10.1. The van der Waals surface area contributed by atoms with E-state index >= 15 is 0 Å². The molecule has 0 aliphatic carbocycles. The molecule has 110 valence electrons. The van der Waals surface area contributed by atoms with Gasteiger partial charge in [-0.15, -0.1) is 0 Å². The molecular weight excluding hydrogens is 264 g/mol. The molecule has 20 heavy (non-hydrogen) atoms. The van der Waals surface area contributed by atoms with Crippen molar-refractivity contribution in [2.45, 2.75) is 6.42 Å². The molecule has 1 rings (SSSR count). The maximum atomic E-state index is 11.9. The van der Waals surface area contributed by atoms with Gasteiger partial charge in [0.1, 0.15) is 18.1 Å². The highest BCUT2D eigenvalue weighted by Crippen LogP contribution is 2.31. The van der Waals surface area contributed by atoms with Crippen LogP contribution in [0, 0.1) is 0 Å². The molecule has 3 N–H and O–H groups in total. The van der Waals surface area contributed by atoms with Crippen molar-refractivity contribution in [2.24, 2.45) is 0 Å². The molecule has 0 heterocycles. The van der Waals surface area contributed by atoms with Crippen LogP contribution in [0.5, 0.6) is 11.5 Å². The van der Waals surface area contributed by atoms with Gasteiger partial charge in [-0.2, -0.15) is 0 Å². The summed E-state index contributed by atoms with van der Waals surface area (Å²) in [6.45, 7) is -0.0303. The van der Waals surface area contributed by atoms with Crippen molar-refractivity contribution in [3.63, 3.8) is 0 Å². The first kappa shape index (κ1) is 15.6. The summed E-state index contributed by atoms with van der Waals surface area (Å²) < 4.78 is 15.1. The van der Waals surface area contributed by atoms with Gasteiger partial charge in [0.05, 0.1) is 31.9 Å². The van der Waals surface area contributed by atoms with Crippen molar-refractivity contribution in [2.75, 3.05) is 33.6 Å². The van der Waals surface area contributed by atoms with Crippen molar-refractivity contribution in [1.82, 2.24) is 5.32 Å². The Balaban J connectivity index is 2.84. The van der Waals surface area contributed by atoms with Crippen LogP contribution in [0.2, 0.25) is 0 Å². The smallest absolute Gasteiger partial charge is 0.340 e. The van der Waals surface area contributed by atoms with Gasteiger partial charge in [0.15, 0.2) is 0 Å². The van der Waals surface area contributed by atoms with Crippen molar-refractivity contribution in [3.05, 3.63) is 17.7 Å². The van der Waals surface area contributed by atoms with Gasteiger partial charge in [-0.3, -0.25) is 4.79 Å². The summed E-state index contributed by atoms with van der Waals surface area (Å²) in [5.74, 6) is -0.102. The second-order valence-electron chi connectivity index (χ2n) is 3.85. The fourth-order valence-corrected chi connectivity index (χ4v) is 1.50. The van der Waals surface area contributed by atoms with E-state index in [9.17, 15) is 9.59 Å². The average molecular weight is 282 g/mol. The standard InChI is InChI=1S/C13H18N2O5/c1-15-11(16)4-5-20-13(17)9-6-8(18-2)7-10(19-3)12(9)14/h6-7H,4-5,14H2,1-3H3,(H,15,16). The summed E-state index contributed by atoms with van der Waals surface area (Å²) in [6, 6.07) is 3.02. The summed E-state index contributed by atoms with van der Waals surface area (Å²) in [6.07, 6.45) is 0.0866. The van der Waals surface area contributed by atoms with Crippen molar-refractivity contribution < 1.29 is 23.8 Å². The molecule has 0 bridgehead atoms. The van der Waals surface area contributed by atoms with Gasteiger partial charge in [-0.1, -0.05) is 0 Å². The number of anilines is 1. The molecule has 7 nitrogen and oxygen atoms in total. The van der Waals surface area contributed by atoms with Crippen molar-refractivity contribution >= 4 is 17.6 Å². The number of rotatable bonds is 6. The highest BCUT2D eigenvalue weighted by molar-refractivity contribution is 5.97. The van der Waals surface area contributed by atoms with Crippen molar-refractivity contribution in [3.8, 4) is 11.5 Å². The number of ether oxygens (including phenoxy) is 3. The summed E-state index contributed by atoms with van der Waals surface area (Å²) in [7, 11) is 4.41. The summed E-state index contributed by atoms with van der Waals surface area (Å²) >= 11 is 0. The SMILES string of the molecule is CNC(=O)CCOC(=O)c1cc(OC)cc(OC)c1N.